The third-order valence-electron chi connectivity index (χ3n) is 2.70. The van der Waals surface area contributed by atoms with Crippen molar-refractivity contribution in [1.29, 1.82) is 0 Å². The molecule has 0 saturated heterocycles. The molecule has 5 heteroatoms. The van der Waals surface area contributed by atoms with E-state index in [0.717, 1.165) is 17.0 Å². The summed E-state index contributed by atoms with van der Waals surface area (Å²) < 4.78 is 6.79. The van der Waals surface area contributed by atoms with Crippen molar-refractivity contribution in [2.75, 3.05) is 12.8 Å². The van der Waals surface area contributed by atoms with E-state index in [1.807, 2.05) is 36.4 Å². The molecule has 0 amide bonds. The molecule has 0 fully saturated rings. The van der Waals surface area contributed by atoms with E-state index in [9.17, 15) is 0 Å². The van der Waals surface area contributed by atoms with Crippen LogP contribution in [0.3, 0.4) is 0 Å². The predicted molar refractivity (Wildman–Crippen MR) is 69.4 cm³/mol. The van der Waals surface area contributed by atoms with Crippen LogP contribution in [0.5, 0.6) is 5.75 Å². The monoisotopic (exact) mass is 240 g/mol. The Labute approximate surface area is 104 Å². The maximum Gasteiger partial charge on any atom is 0.182 e. The molecule has 0 atom stereocenters. The van der Waals surface area contributed by atoms with Gasteiger partial charge >= 0.3 is 0 Å². The Morgan fingerprint density at radius 1 is 1.11 bits per heavy atom. The number of aromatic nitrogens is 3. The summed E-state index contributed by atoms with van der Waals surface area (Å²) in [6, 6.07) is 11.3. The number of nitrogens with zero attached hydrogens (tertiary/aromatic N) is 3. The molecule has 1 aromatic carbocycles. The largest absolute Gasteiger partial charge is 0.497 e. The van der Waals surface area contributed by atoms with Crippen molar-refractivity contribution in [3.8, 4) is 17.1 Å². The summed E-state index contributed by atoms with van der Waals surface area (Å²) >= 11 is 0. The van der Waals surface area contributed by atoms with Crippen molar-refractivity contribution in [3.05, 3.63) is 42.6 Å². The molecule has 3 rings (SSSR count). The van der Waals surface area contributed by atoms with Gasteiger partial charge < -0.3 is 10.5 Å². The van der Waals surface area contributed by atoms with Gasteiger partial charge in [0.1, 0.15) is 5.75 Å². The molecule has 0 aliphatic carbocycles. The maximum atomic E-state index is 5.70. The van der Waals surface area contributed by atoms with E-state index >= 15 is 0 Å². The average Bonchev–Trinajstić information content (AvgIpc) is 2.81. The lowest BCUT2D eigenvalue weighted by Crippen LogP contribution is -1.91. The molecular formula is C13H12N4O. The number of ether oxygens (including phenoxy) is 1. The van der Waals surface area contributed by atoms with Gasteiger partial charge in [-0.2, -0.15) is 0 Å². The highest BCUT2D eigenvalue weighted by Crippen LogP contribution is 2.20. The van der Waals surface area contributed by atoms with Crippen molar-refractivity contribution in [1.82, 2.24) is 14.6 Å². The summed E-state index contributed by atoms with van der Waals surface area (Å²) in [6.45, 7) is 0. The number of hydrogen-bond acceptors (Lipinski definition) is 4. The zero-order valence-electron chi connectivity index (χ0n) is 9.87. The van der Waals surface area contributed by atoms with E-state index in [1.54, 1.807) is 17.8 Å². The fourth-order valence-corrected chi connectivity index (χ4v) is 1.76. The lowest BCUT2D eigenvalue weighted by Gasteiger charge is -1.99. The van der Waals surface area contributed by atoms with E-state index in [1.165, 1.54) is 0 Å². The molecule has 0 aliphatic heterocycles. The highest BCUT2D eigenvalue weighted by Gasteiger charge is 2.06. The molecule has 0 radical (unpaired) electrons. The minimum absolute atomic E-state index is 0.661. The molecule has 2 heterocycles. The first-order chi connectivity index (χ1) is 8.76. The van der Waals surface area contributed by atoms with Gasteiger partial charge in [0, 0.05) is 5.56 Å². The minimum atomic E-state index is 0.661. The fourth-order valence-electron chi connectivity index (χ4n) is 1.76. The number of anilines is 1. The van der Waals surface area contributed by atoms with Gasteiger partial charge in [0.15, 0.2) is 11.5 Å². The van der Waals surface area contributed by atoms with Crippen molar-refractivity contribution in [3.63, 3.8) is 0 Å². The van der Waals surface area contributed by atoms with Gasteiger partial charge in [-0.1, -0.05) is 0 Å². The summed E-state index contributed by atoms with van der Waals surface area (Å²) in [4.78, 5) is 4.44. The Morgan fingerprint density at radius 2 is 1.89 bits per heavy atom. The molecule has 0 bridgehead atoms. The number of nitrogens with two attached hydrogens (primary N) is 1. The molecule has 0 saturated carbocycles. The minimum Gasteiger partial charge on any atom is -0.497 e. The van der Waals surface area contributed by atoms with Crippen LogP contribution in [0.1, 0.15) is 0 Å². The zero-order valence-corrected chi connectivity index (χ0v) is 9.87. The van der Waals surface area contributed by atoms with Gasteiger partial charge in [0.25, 0.3) is 0 Å². The second-order valence-corrected chi connectivity index (χ2v) is 3.93. The normalized spacial score (nSPS) is 10.7. The topological polar surface area (TPSA) is 65.4 Å². The van der Waals surface area contributed by atoms with Gasteiger partial charge in [-0.25, -0.2) is 9.50 Å². The van der Waals surface area contributed by atoms with Crippen LogP contribution in [-0.2, 0) is 0 Å². The Morgan fingerprint density at radius 3 is 2.61 bits per heavy atom. The summed E-state index contributed by atoms with van der Waals surface area (Å²) in [7, 11) is 1.64. The first kappa shape index (κ1) is 10.6. The maximum absolute atomic E-state index is 5.70. The zero-order chi connectivity index (χ0) is 12.5. The molecule has 2 aromatic heterocycles. The number of methoxy groups -OCH3 is 1. The van der Waals surface area contributed by atoms with Crippen molar-refractivity contribution >= 4 is 11.3 Å². The SMILES string of the molecule is COc1ccc(-c2nc3ccc(N)cn3n2)cc1. The molecule has 18 heavy (non-hydrogen) atoms. The van der Waals surface area contributed by atoms with Crippen LogP contribution in [0.25, 0.3) is 17.0 Å². The molecular weight excluding hydrogens is 228 g/mol. The quantitative estimate of drug-likeness (QED) is 0.744. The summed E-state index contributed by atoms with van der Waals surface area (Å²) in [5.41, 5.74) is 8.08. The average molecular weight is 240 g/mol. The van der Waals surface area contributed by atoms with E-state index in [2.05, 4.69) is 10.1 Å². The lowest BCUT2D eigenvalue weighted by atomic mass is 10.2. The molecule has 5 nitrogen and oxygen atoms in total. The van der Waals surface area contributed by atoms with Gasteiger partial charge in [-0.05, 0) is 36.4 Å². The van der Waals surface area contributed by atoms with E-state index in [-0.39, 0.29) is 0 Å². The highest BCUT2D eigenvalue weighted by atomic mass is 16.5. The van der Waals surface area contributed by atoms with Crippen LogP contribution in [0.15, 0.2) is 42.6 Å². The summed E-state index contributed by atoms with van der Waals surface area (Å²) in [5.74, 6) is 1.48. The first-order valence-corrected chi connectivity index (χ1v) is 5.52. The number of fused-ring (bicyclic) bond motifs is 1. The number of rotatable bonds is 2. The highest BCUT2D eigenvalue weighted by molar-refractivity contribution is 5.60. The van der Waals surface area contributed by atoms with Gasteiger partial charge in [-0.15, -0.1) is 5.10 Å². The Hall–Kier alpha value is -2.56. The third kappa shape index (κ3) is 1.75. The van der Waals surface area contributed by atoms with Crippen LogP contribution < -0.4 is 10.5 Å². The Kier molecular flexibility index (Phi) is 2.37. The predicted octanol–water partition coefficient (Wildman–Crippen LogP) is 1.99. The number of benzene rings is 1. The van der Waals surface area contributed by atoms with Gasteiger partial charge in [0.05, 0.1) is 19.0 Å². The lowest BCUT2D eigenvalue weighted by molar-refractivity contribution is 0.415. The van der Waals surface area contributed by atoms with Crippen molar-refractivity contribution in [2.45, 2.75) is 0 Å². The number of pyridine rings is 1. The Bertz CT molecular complexity index is 688. The number of nitrogen functional groups attached to an aromatic ring is 1. The van der Waals surface area contributed by atoms with E-state index < -0.39 is 0 Å². The smallest absolute Gasteiger partial charge is 0.182 e. The first-order valence-electron chi connectivity index (χ1n) is 5.52. The molecule has 0 aliphatic rings. The fraction of sp³-hybridized carbons (Fsp3) is 0.0769. The molecule has 0 unspecified atom stereocenters. The summed E-state index contributed by atoms with van der Waals surface area (Å²) in [6.07, 6.45) is 1.75. The van der Waals surface area contributed by atoms with Crippen LogP contribution in [0.4, 0.5) is 5.69 Å². The van der Waals surface area contributed by atoms with Gasteiger partial charge in [-0.3, -0.25) is 0 Å². The van der Waals surface area contributed by atoms with Crippen LogP contribution in [0, 0.1) is 0 Å². The Balaban J connectivity index is 2.07. The van der Waals surface area contributed by atoms with E-state index in [0.29, 0.717) is 11.5 Å². The van der Waals surface area contributed by atoms with Crippen molar-refractivity contribution < 1.29 is 4.74 Å². The van der Waals surface area contributed by atoms with Crippen LogP contribution in [0.2, 0.25) is 0 Å². The second-order valence-electron chi connectivity index (χ2n) is 3.93. The molecule has 3 aromatic rings. The summed E-state index contributed by atoms with van der Waals surface area (Å²) in [5, 5.41) is 4.38. The van der Waals surface area contributed by atoms with Crippen LogP contribution >= 0.6 is 0 Å². The standard InChI is InChI=1S/C13H12N4O/c1-18-11-5-2-9(3-6-11)13-15-12-7-4-10(14)8-17(12)16-13/h2-8H,14H2,1H3. The molecule has 2 N–H and O–H groups in total. The van der Waals surface area contributed by atoms with Gasteiger partial charge in [0.2, 0.25) is 0 Å². The third-order valence-corrected chi connectivity index (χ3v) is 2.70. The molecule has 90 valence electrons. The van der Waals surface area contributed by atoms with Crippen molar-refractivity contribution in [2.24, 2.45) is 0 Å². The molecule has 0 spiro atoms. The second kappa shape index (κ2) is 4.03. The van der Waals surface area contributed by atoms with E-state index in [4.69, 9.17) is 10.5 Å². The van der Waals surface area contributed by atoms with Crippen LogP contribution in [-0.4, -0.2) is 21.7 Å². The number of hydrogen-bond donors (Lipinski definition) is 1.